The van der Waals surface area contributed by atoms with Gasteiger partial charge in [0, 0.05) is 24.0 Å². The summed E-state index contributed by atoms with van der Waals surface area (Å²) in [7, 11) is 0. The molecule has 1 N–H and O–H groups in total. The smallest absolute Gasteiger partial charge is 0.115 e. The first-order valence-electron chi connectivity index (χ1n) is 6.00. The summed E-state index contributed by atoms with van der Waals surface area (Å²) in [4.78, 5) is 8.16. The molecule has 2 unspecified atom stereocenters. The fourth-order valence-electron chi connectivity index (χ4n) is 2.23. The maximum absolute atomic E-state index is 4.23. The van der Waals surface area contributed by atoms with Crippen molar-refractivity contribution in [2.24, 2.45) is 0 Å². The fraction of sp³-hybridized carbons (Fsp3) is 0.667. The molecule has 0 aliphatic heterocycles. The molecule has 16 heavy (non-hydrogen) atoms. The Morgan fingerprint density at radius 1 is 1.50 bits per heavy atom. The lowest BCUT2D eigenvalue weighted by atomic mass is 10.2. The lowest BCUT2D eigenvalue weighted by Gasteiger charge is -2.19. The average Bonchev–Trinajstić information content (AvgIpc) is 2.76. The van der Waals surface area contributed by atoms with Crippen molar-refractivity contribution in [3.05, 3.63) is 24.3 Å². The number of nitrogens with zero attached hydrogens (tertiary/aromatic N) is 2. The highest BCUT2D eigenvalue weighted by Gasteiger charge is 2.26. The van der Waals surface area contributed by atoms with Gasteiger partial charge in [0.15, 0.2) is 0 Å². The van der Waals surface area contributed by atoms with E-state index in [9.17, 15) is 0 Å². The molecule has 2 atom stereocenters. The van der Waals surface area contributed by atoms with Crippen LogP contribution >= 0.6 is 11.8 Å². The van der Waals surface area contributed by atoms with Gasteiger partial charge in [0.25, 0.3) is 0 Å². The van der Waals surface area contributed by atoms with Crippen molar-refractivity contribution >= 4 is 11.8 Å². The van der Waals surface area contributed by atoms with Crippen molar-refractivity contribution in [1.82, 2.24) is 15.3 Å². The Labute approximate surface area is 101 Å². The first kappa shape index (κ1) is 11.9. The molecule has 88 valence electrons. The maximum Gasteiger partial charge on any atom is 0.115 e. The van der Waals surface area contributed by atoms with Gasteiger partial charge in [-0.15, -0.1) is 0 Å². The van der Waals surface area contributed by atoms with Crippen molar-refractivity contribution in [2.75, 3.05) is 5.75 Å². The van der Waals surface area contributed by atoms with E-state index < -0.39 is 0 Å². The Balaban J connectivity index is 1.81. The topological polar surface area (TPSA) is 37.8 Å². The molecular weight excluding hydrogens is 218 g/mol. The van der Waals surface area contributed by atoms with E-state index in [-0.39, 0.29) is 0 Å². The summed E-state index contributed by atoms with van der Waals surface area (Å²) in [6, 6.07) is 2.64. The molecule has 1 aliphatic carbocycles. The number of aromatic nitrogens is 2. The molecule has 1 aromatic rings. The second-order valence-corrected chi connectivity index (χ2v) is 5.63. The van der Waals surface area contributed by atoms with Gasteiger partial charge in [0.2, 0.25) is 0 Å². The van der Waals surface area contributed by atoms with E-state index in [1.165, 1.54) is 25.0 Å². The van der Waals surface area contributed by atoms with Crippen LogP contribution < -0.4 is 5.32 Å². The van der Waals surface area contributed by atoms with E-state index in [4.69, 9.17) is 0 Å². The molecule has 1 saturated carbocycles. The molecule has 3 nitrogen and oxygen atoms in total. The van der Waals surface area contributed by atoms with Crippen LogP contribution in [-0.4, -0.2) is 27.0 Å². The summed E-state index contributed by atoms with van der Waals surface area (Å²) in [6.45, 7) is 3.11. The predicted molar refractivity (Wildman–Crippen MR) is 68.4 cm³/mol. The fourth-order valence-corrected chi connectivity index (χ4v) is 3.46. The van der Waals surface area contributed by atoms with Gasteiger partial charge in [-0.1, -0.05) is 13.3 Å². The molecule has 1 aromatic heterocycles. The Kier molecular flexibility index (Phi) is 4.60. The van der Waals surface area contributed by atoms with Crippen LogP contribution in [0.5, 0.6) is 0 Å². The van der Waals surface area contributed by atoms with Crippen LogP contribution in [0.25, 0.3) is 0 Å². The number of hydrogen-bond donors (Lipinski definition) is 1. The summed E-state index contributed by atoms with van der Waals surface area (Å²) in [6.07, 6.45) is 7.45. The van der Waals surface area contributed by atoms with Crippen LogP contribution in [0, 0.1) is 0 Å². The SMILES string of the molecule is CCSC1CCCC1NCc1ccncn1. The Hall–Kier alpha value is -0.610. The van der Waals surface area contributed by atoms with Crippen molar-refractivity contribution in [2.45, 2.75) is 44.0 Å². The minimum Gasteiger partial charge on any atom is -0.307 e. The highest BCUT2D eigenvalue weighted by atomic mass is 32.2. The van der Waals surface area contributed by atoms with E-state index >= 15 is 0 Å². The zero-order valence-corrected chi connectivity index (χ0v) is 10.5. The van der Waals surface area contributed by atoms with E-state index in [0.717, 1.165) is 17.5 Å². The third-order valence-corrected chi connectivity index (χ3v) is 4.35. The average molecular weight is 237 g/mol. The van der Waals surface area contributed by atoms with Gasteiger partial charge in [-0.3, -0.25) is 0 Å². The Bertz CT molecular complexity index is 304. The van der Waals surface area contributed by atoms with Crippen molar-refractivity contribution in [1.29, 1.82) is 0 Å². The van der Waals surface area contributed by atoms with E-state index in [1.54, 1.807) is 12.5 Å². The second-order valence-electron chi connectivity index (χ2n) is 4.11. The summed E-state index contributed by atoms with van der Waals surface area (Å²) in [5.41, 5.74) is 1.09. The highest BCUT2D eigenvalue weighted by molar-refractivity contribution is 7.99. The first-order chi connectivity index (χ1) is 7.90. The lowest BCUT2D eigenvalue weighted by molar-refractivity contribution is 0.526. The predicted octanol–water partition coefficient (Wildman–Crippen LogP) is 2.24. The number of nitrogens with one attached hydrogen (secondary N) is 1. The zero-order valence-electron chi connectivity index (χ0n) is 9.72. The van der Waals surface area contributed by atoms with Gasteiger partial charge >= 0.3 is 0 Å². The number of hydrogen-bond acceptors (Lipinski definition) is 4. The van der Waals surface area contributed by atoms with Gasteiger partial charge in [0.05, 0.1) is 5.69 Å². The molecule has 0 spiro atoms. The lowest BCUT2D eigenvalue weighted by Crippen LogP contribution is -2.33. The second kappa shape index (κ2) is 6.21. The van der Waals surface area contributed by atoms with Crippen molar-refractivity contribution in [3.63, 3.8) is 0 Å². The first-order valence-corrected chi connectivity index (χ1v) is 7.05. The quantitative estimate of drug-likeness (QED) is 0.852. The third kappa shape index (κ3) is 3.19. The molecule has 0 bridgehead atoms. The largest absolute Gasteiger partial charge is 0.307 e. The zero-order chi connectivity index (χ0) is 11.2. The van der Waals surface area contributed by atoms with Crippen LogP contribution in [-0.2, 0) is 6.54 Å². The van der Waals surface area contributed by atoms with Gasteiger partial charge in [0.1, 0.15) is 6.33 Å². The van der Waals surface area contributed by atoms with Crippen LogP contribution in [0.1, 0.15) is 31.9 Å². The van der Waals surface area contributed by atoms with Crippen LogP contribution in [0.2, 0.25) is 0 Å². The molecular formula is C12H19N3S. The highest BCUT2D eigenvalue weighted by Crippen LogP contribution is 2.29. The molecule has 0 radical (unpaired) electrons. The minimum absolute atomic E-state index is 0.667. The van der Waals surface area contributed by atoms with E-state index in [1.807, 2.05) is 6.07 Å². The number of thioether (sulfide) groups is 1. The summed E-state index contributed by atoms with van der Waals surface area (Å²) >= 11 is 2.09. The Morgan fingerprint density at radius 3 is 3.19 bits per heavy atom. The van der Waals surface area contributed by atoms with Gasteiger partial charge in [-0.05, 0) is 24.7 Å². The molecule has 1 fully saturated rings. The normalized spacial score (nSPS) is 24.8. The molecule has 0 aromatic carbocycles. The molecule has 1 aliphatic rings. The van der Waals surface area contributed by atoms with E-state index in [0.29, 0.717) is 6.04 Å². The van der Waals surface area contributed by atoms with Crippen molar-refractivity contribution in [3.8, 4) is 0 Å². The van der Waals surface area contributed by atoms with Crippen LogP contribution in [0.15, 0.2) is 18.6 Å². The van der Waals surface area contributed by atoms with Gasteiger partial charge in [-0.25, -0.2) is 9.97 Å². The summed E-state index contributed by atoms with van der Waals surface area (Å²) in [5.74, 6) is 1.22. The minimum atomic E-state index is 0.667. The molecule has 1 heterocycles. The van der Waals surface area contributed by atoms with Crippen molar-refractivity contribution < 1.29 is 0 Å². The van der Waals surface area contributed by atoms with Crippen LogP contribution in [0.4, 0.5) is 0 Å². The summed E-state index contributed by atoms with van der Waals surface area (Å²) < 4.78 is 0. The molecule has 0 amide bonds. The Morgan fingerprint density at radius 2 is 2.44 bits per heavy atom. The maximum atomic E-state index is 4.23. The molecule has 2 rings (SSSR count). The third-order valence-electron chi connectivity index (χ3n) is 3.02. The molecule has 4 heteroatoms. The number of rotatable bonds is 5. The monoisotopic (exact) mass is 237 g/mol. The molecule has 0 saturated heterocycles. The van der Waals surface area contributed by atoms with Gasteiger partial charge < -0.3 is 5.32 Å². The van der Waals surface area contributed by atoms with Crippen LogP contribution in [0.3, 0.4) is 0 Å². The standard InChI is InChI=1S/C12H19N3S/c1-2-16-12-5-3-4-11(12)14-8-10-6-7-13-9-15-10/h6-7,9,11-12,14H,2-5,8H2,1H3. The van der Waals surface area contributed by atoms with Gasteiger partial charge in [-0.2, -0.15) is 11.8 Å². The summed E-state index contributed by atoms with van der Waals surface area (Å²) in [5, 5.41) is 4.42. The van der Waals surface area contributed by atoms with E-state index in [2.05, 4.69) is 34.0 Å².